The average molecular weight is 401 g/mol. The number of halogens is 1. The summed E-state index contributed by atoms with van der Waals surface area (Å²) in [6, 6.07) is 14.1. The van der Waals surface area contributed by atoms with Gasteiger partial charge >= 0.3 is 0 Å². The molecule has 1 amide bonds. The van der Waals surface area contributed by atoms with Crippen molar-refractivity contribution in [3.63, 3.8) is 0 Å². The molecule has 0 unspecified atom stereocenters. The summed E-state index contributed by atoms with van der Waals surface area (Å²) in [6.07, 6.45) is 0. The lowest BCUT2D eigenvalue weighted by molar-refractivity contribution is -0.914. The third kappa shape index (κ3) is 4.50. The summed E-state index contributed by atoms with van der Waals surface area (Å²) in [5, 5.41) is 4.00. The predicted molar refractivity (Wildman–Crippen MR) is 118 cm³/mol. The van der Waals surface area contributed by atoms with Gasteiger partial charge in [0.05, 0.1) is 36.9 Å². The minimum absolute atomic E-state index is 0.0898. The molecule has 1 fully saturated rings. The molecule has 1 heterocycles. The highest BCUT2D eigenvalue weighted by Crippen LogP contribution is 2.27. The van der Waals surface area contributed by atoms with E-state index in [0.717, 1.165) is 48.1 Å². The van der Waals surface area contributed by atoms with Crippen LogP contribution in [0.1, 0.15) is 37.8 Å². The molecule has 0 spiro atoms. The van der Waals surface area contributed by atoms with Gasteiger partial charge in [-0.25, -0.2) is 0 Å². The van der Waals surface area contributed by atoms with E-state index >= 15 is 0 Å². The van der Waals surface area contributed by atoms with E-state index in [0.29, 0.717) is 5.92 Å². The molecule has 1 aliphatic heterocycles. The molecule has 0 radical (unpaired) electrons. The van der Waals surface area contributed by atoms with Crippen LogP contribution in [0, 0.1) is 6.92 Å². The van der Waals surface area contributed by atoms with Crippen LogP contribution in [0.15, 0.2) is 42.5 Å². The molecule has 28 heavy (non-hydrogen) atoms. The van der Waals surface area contributed by atoms with E-state index in [1.807, 2.05) is 25.1 Å². The molecule has 1 saturated heterocycles. The van der Waals surface area contributed by atoms with Gasteiger partial charge in [0.1, 0.15) is 0 Å². The molecule has 1 atom stereocenters. The summed E-state index contributed by atoms with van der Waals surface area (Å²) in [5.41, 5.74) is 4.37. The van der Waals surface area contributed by atoms with E-state index in [2.05, 4.69) is 55.3 Å². The minimum atomic E-state index is -0.0898. The maximum absolute atomic E-state index is 13.0. The van der Waals surface area contributed by atoms with Crippen molar-refractivity contribution < 1.29 is 9.69 Å². The first-order chi connectivity index (χ1) is 13.4. The van der Waals surface area contributed by atoms with Crippen LogP contribution in [-0.2, 0) is 4.79 Å². The molecule has 0 aliphatic carbocycles. The lowest BCUT2D eigenvalue weighted by atomic mass is 9.98. The van der Waals surface area contributed by atoms with E-state index < -0.39 is 0 Å². The van der Waals surface area contributed by atoms with Crippen LogP contribution in [0.3, 0.4) is 0 Å². The molecule has 150 valence electrons. The number of para-hydroxylation sites is 2. The number of amides is 1. The Morgan fingerprint density at radius 1 is 1.07 bits per heavy atom. The molecule has 2 N–H and O–H groups in total. The van der Waals surface area contributed by atoms with Gasteiger partial charge in [-0.15, -0.1) is 0 Å². The summed E-state index contributed by atoms with van der Waals surface area (Å²) in [7, 11) is 0. The molecule has 2 aromatic carbocycles. The van der Waals surface area contributed by atoms with Crippen molar-refractivity contribution in [2.75, 3.05) is 36.4 Å². The van der Waals surface area contributed by atoms with Gasteiger partial charge in [0, 0.05) is 5.69 Å². The summed E-state index contributed by atoms with van der Waals surface area (Å²) in [5.74, 6) is 0.467. The maximum atomic E-state index is 13.0. The Morgan fingerprint density at radius 3 is 2.39 bits per heavy atom. The molecule has 0 aromatic heterocycles. The van der Waals surface area contributed by atoms with Gasteiger partial charge in [-0.05, 0) is 43.0 Å². The fourth-order valence-corrected chi connectivity index (χ4v) is 4.19. The highest BCUT2D eigenvalue weighted by atomic mass is 35.5. The quantitative estimate of drug-likeness (QED) is 0.805. The van der Waals surface area contributed by atoms with Crippen molar-refractivity contribution in [3.8, 4) is 0 Å². The average Bonchev–Trinajstić information content (AvgIpc) is 2.69. The minimum Gasteiger partial charge on any atom is -0.359 e. The normalized spacial score (nSPS) is 16.3. The van der Waals surface area contributed by atoms with E-state index in [1.165, 1.54) is 10.5 Å². The molecule has 0 saturated carbocycles. The second-order valence-electron chi connectivity index (χ2n) is 8.00. The Morgan fingerprint density at radius 2 is 1.75 bits per heavy atom. The molecule has 4 nitrogen and oxygen atoms in total. The number of anilines is 2. The van der Waals surface area contributed by atoms with Crippen LogP contribution in [0.25, 0.3) is 0 Å². The summed E-state index contributed by atoms with van der Waals surface area (Å²) < 4.78 is 0. The van der Waals surface area contributed by atoms with Gasteiger partial charge < -0.3 is 15.1 Å². The zero-order valence-corrected chi connectivity index (χ0v) is 18.0. The molecular formula is C23H31ClN3O+. The SMILES string of the molecule is Cc1cccc(C(C)C)c1NC(=O)[C@@H](C)[NH+]1CCN(c2ccccc2Cl)CC1. The van der Waals surface area contributed by atoms with Gasteiger partial charge in [0.15, 0.2) is 6.04 Å². The Balaban J connectivity index is 1.64. The Bertz CT molecular complexity index is 828. The number of hydrogen-bond donors (Lipinski definition) is 2. The van der Waals surface area contributed by atoms with E-state index in [-0.39, 0.29) is 11.9 Å². The number of nitrogens with zero attached hydrogens (tertiary/aromatic N) is 1. The van der Waals surface area contributed by atoms with E-state index in [4.69, 9.17) is 11.6 Å². The maximum Gasteiger partial charge on any atom is 0.282 e. The van der Waals surface area contributed by atoms with Gasteiger partial charge in [0.2, 0.25) is 0 Å². The standard InChI is InChI=1S/C23H30ClN3O/c1-16(2)19-9-7-8-17(3)22(19)25-23(28)18(4)26-12-14-27(15-13-26)21-11-6-5-10-20(21)24/h5-11,16,18H,12-15H2,1-4H3,(H,25,28)/p+1/t18-/m1/s1. The first-order valence-corrected chi connectivity index (χ1v) is 10.5. The molecular weight excluding hydrogens is 370 g/mol. The number of carbonyl (C=O) groups excluding carboxylic acids is 1. The van der Waals surface area contributed by atoms with Crippen LogP contribution in [0.4, 0.5) is 11.4 Å². The monoisotopic (exact) mass is 400 g/mol. The molecule has 5 heteroatoms. The van der Waals surface area contributed by atoms with Crippen LogP contribution in [0.2, 0.25) is 5.02 Å². The third-order valence-corrected chi connectivity index (χ3v) is 6.10. The largest absolute Gasteiger partial charge is 0.359 e. The van der Waals surface area contributed by atoms with Crippen LogP contribution in [0.5, 0.6) is 0 Å². The first-order valence-electron chi connectivity index (χ1n) is 10.1. The number of quaternary nitrogens is 1. The van der Waals surface area contributed by atoms with Crippen LogP contribution >= 0.6 is 11.6 Å². The third-order valence-electron chi connectivity index (χ3n) is 5.78. The second kappa shape index (κ2) is 8.97. The van der Waals surface area contributed by atoms with Gasteiger partial charge in [-0.1, -0.05) is 55.8 Å². The lowest BCUT2D eigenvalue weighted by Gasteiger charge is -2.36. The summed E-state index contributed by atoms with van der Waals surface area (Å²) >= 11 is 6.34. The number of nitrogens with one attached hydrogen (secondary N) is 2. The topological polar surface area (TPSA) is 36.8 Å². The van der Waals surface area contributed by atoms with Crippen LogP contribution < -0.4 is 15.1 Å². The summed E-state index contributed by atoms with van der Waals surface area (Å²) in [4.78, 5) is 16.6. The highest BCUT2D eigenvalue weighted by Gasteiger charge is 2.30. The number of aryl methyl sites for hydroxylation is 1. The summed E-state index contributed by atoms with van der Waals surface area (Å²) in [6.45, 7) is 12.1. The van der Waals surface area contributed by atoms with Crippen molar-refractivity contribution in [1.82, 2.24) is 0 Å². The number of piperazine rings is 1. The van der Waals surface area contributed by atoms with Gasteiger partial charge in [-0.3, -0.25) is 4.79 Å². The molecule has 0 bridgehead atoms. The Hall–Kier alpha value is -2.04. The number of carbonyl (C=O) groups is 1. The fraction of sp³-hybridized carbons (Fsp3) is 0.435. The Kier molecular flexibility index (Phi) is 6.63. The number of benzene rings is 2. The zero-order chi connectivity index (χ0) is 20.3. The second-order valence-corrected chi connectivity index (χ2v) is 8.41. The predicted octanol–water partition coefficient (Wildman–Crippen LogP) is 3.50. The van der Waals surface area contributed by atoms with Crippen LogP contribution in [-0.4, -0.2) is 38.1 Å². The van der Waals surface area contributed by atoms with E-state index in [9.17, 15) is 4.79 Å². The number of hydrogen-bond acceptors (Lipinski definition) is 2. The highest BCUT2D eigenvalue weighted by molar-refractivity contribution is 6.33. The molecule has 1 aliphatic rings. The smallest absolute Gasteiger partial charge is 0.282 e. The first kappa shape index (κ1) is 20.7. The van der Waals surface area contributed by atoms with Crippen molar-refractivity contribution in [1.29, 1.82) is 0 Å². The Labute approximate surface area is 173 Å². The fourth-order valence-electron chi connectivity index (χ4n) is 3.94. The number of rotatable bonds is 5. The van der Waals surface area contributed by atoms with Crippen molar-refractivity contribution in [2.45, 2.75) is 39.7 Å². The molecule has 2 aromatic rings. The van der Waals surface area contributed by atoms with Crippen molar-refractivity contribution >= 4 is 28.9 Å². The zero-order valence-electron chi connectivity index (χ0n) is 17.3. The van der Waals surface area contributed by atoms with Gasteiger partial charge in [-0.2, -0.15) is 0 Å². The molecule has 3 rings (SSSR count). The van der Waals surface area contributed by atoms with Gasteiger partial charge in [0.25, 0.3) is 5.91 Å². The van der Waals surface area contributed by atoms with Crippen molar-refractivity contribution in [2.24, 2.45) is 0 Å². The van der Waals surface area contributed by atoms with Crippen molar-refractivity contribution in [3.05, 3.63) is 58.6 Å². The lowest BCUT2D eigenvalue weighted by Crippen LogP contribution is -3.19. The van der Waals surface area contributed by atoms with E-state index in [1.54, 1.807) is 0 Å².